The van der Waals surface area contributed by atoms with Crippen LogP contribution in [0.3, 0.4) is 0 Å². The second kappa shape index (κ2) is 5.34. The summed E-state index contributed by atoms with van der Waals surface area (Å²) >= 11 is 1.68. The third-order valence-corrected chi connectivity index (χ3v) is 3.65. The van der Waals surface area contributed by atoms with Gasteiger partial charge in [-0.05, 0) is 42.5 Å². The van der Waals surface area contributed by atoms with Crippen molar-refractivity contribution in [1.82, 2.24) is 0 Å². The highest BCUT2D eigenvalue weighted by molar-refractivity contribution is 7.10. The number of aryl methyl sites for hydroxylation is 2. The minimum Gasteiger partial charge on any atom is -0.483 e. The van der Waals surface area contributed by atoms with Gasteiger partial charge in [0, 0.05) is 11.4 Å². The maximum atomic E-state index is 6.01. The summed E-state index contributed by atoms with van der Waals surface area (Å²) < 4.78 is 6.01. The molecule has 1 atom stereocenters. The minimum absolute atomic E-state index is 0.0458. The molecule has 2 N–H and O–H groups in total. The van der Waals surface area contributed by atoms with Gasteiger partial charge >= 0.3 is 0 Å². The van der Waals surface area contributed by atoms with E-state index in [2.05, 4.69) is 38.1 Å². The molecule has 1 aromatic carbocycles. The number of nitrogens with two attached hydrogens (primary N) is 1. The van der Waals surface area contributed by atoms with Gasteiger partial charge in [0.2, 0.25) is 0 Å². The summed E-state index contributed by atoms with van der Waals surface area (Å²) in [5, 5.41) is 2.05. The van der Waals surface area contributed by atoms with Gasteiger partial charge < -0.3 is 10.5 Å². The second-order valence-electron chi connectivity index (χ2n) is 4.13. The molecule has 2 nitrogen and oxygen atoms in total. The standard InChI is InChI=1S/C14H17NOS/c1-10-5-6-11(2)12(8-10)16-13(9-15)14-4-3-7-17-14/h3-8,13H,9,15H2,1-2H3. The fourth-order valence-electron chi connectivity index (χ4n) is 1.68. The molecule has 1 heterocycles. The number of rotatable bonds is 4. The number of thiophene rings is 1. The molecule has 0 aliphatic heterocycles. The summed E-state index contributed by atoms with van der Waals surface area (Å²) in [5.74, 6) is 0.925. The SMILES string of the molecule is Cc1ccc(C)c(OC(CN)c2cccs2)c1. The molecule has 3 heteroatoms. The lowest BCUT2D eigenvalue weighted by molar-refractivity contribution is 0.216. The van der Waals surface area contributed by atoms with Gasteiger partial charge in [0.1, 0.15) is 11.9 Å². The van der Waals surface area contributed by atoms with Gasteiger partial charge in [-0.1, -0.05) is 18.2 Å². The Kier molecular flexibility index (Phi) is 3.82. The number of hydrogen-bond acceptors (Lipinski definition) is 3. The van der Waals surface area contributed by atoms with Gasteiger partial charge in [0.15, 0.2) is 0 Å². The van der Waals surface area contributed by atoms with Gasteiger partial charge in [-0.15, -0.1) is 11.3 Å². The predicted octanol–water partition coefficient (Wildman–Crippen LogP) is 3.44. The molecule has 0 amide bonds. The quantitative estimate of drug-likeness (QED) is 0.898. The molecule has 0 aliphatic carbocycles. The van der Waals surface area contributed by atoms with Crippen LogP contribution in [-0.4, -0.2) is 6.54 Å². The fraction of sp³-hybridized carbons (Fsp3) is 0.286. The Balaban J connectivity index is 2.21. The molecular weight excluding hydrogens is 230 g/mol. The van der Waals surface area contributed by atoms with Crippen molar-refractivity contribution in [2.24, 2.45) is 5.73 Å². The number of ether oxygens (including phenoxy) is 1. The van der Waals surface area contributed by atoms with Crippen LogP contribution < -0.4 is 10.5 Å². The average molecular weight is 247 g/mol. The van der Waals surface area contributed by atoms with Crippen LogP contribution in [0.2, 0.25) is 0 Å². The van der Waals surface area contributed by atoms with E-state index in [4.69, 9.17) is 10.5 Å². The summed E-state index contributed by atoms with van der Waals surface area (Å²) in [6, 6.07) is 10.3. The first kappa shape index (κ1) is 12.1. The van der Waals surface area contributed by atoms with E-state index in [0.29, 0.717) is 6.54 Å². The maximum absolute atomic E-state index is 6.01. The summed E-state index contributed by atoms with van der Waals surface area (Å²) in [6.07, 6.45) is -0.0458. The lowest BCUT2D eigenvalue weighted by Gasteiger charge is -2.18. The summed E-state index contributed by atoms with van der Waals surface area (Å²) in [5.41, 5.74) is 8.13. The molecule has 1 unspecified atom stereocenters. The highest BCUT2D eigenvalue weighted by atomic mass is 32.1. The molecule has 90 valence electrons. The van der Waals surface area contributed by atoms with Crippen molar-refractivity contribution >= 4 is 11.3 Å². The van der Waals surface area contributed by atoms with E-state index in [-0.39, 0.29) is 6.10 Å². The van der Waals surface area contributed by atoms with E-state index in [9.17, 15) is 0 Å². The lowest BCUT2D eigenvalue weighted by Crippen LogP contribution is -2.17. The largest absolute Gasteiger partial charge is 0.483 e. The van der Waals surface area contributed by atoms with Crippen molar-refractivity contribution in [3.8, 4) is 5.75 Å². The van der Waals surface area contributed by atoms with Crippen molar-refractivity contribution in [1.29, 1.82) is 0 Å². The summed E-state index contributed by atoms with van der Waals surface area (Å²) in [6.45, 7) is 4.61. The number of benzene rings is 1. The summed E-state index contributed by atoms with van der Waals surface area (Å²) in [7, 11) is 0. The number of hydrogen-bond donors (Lipinski definition) is 1. The summed E-state index contributed by atoms with van der Waals surface area (Å²) in [4.78, 5) is 1.17. The van der Waals surface area contributed by atoms with Gasteiger partial charge in [-0.2, -0.15) is 0 Å². The van der Waals surface area contributed by atoms with Gasteiger partial charge in [0.25, 0.3) is 0 Å². The zero-order valence-corrected chi connectivity index (χ0v) is 11.0. The Morgan fingerprint density at radius 1 is 1.29 bits per heavy atom. The molecule has 0 saturated carbocycles. The molecule has 0 saturated heterocycles. The first-order valence-electron chi connectivity index (χ1n) is 5.68. The van der Waals surface area contributed by atoms with Crippen LogP contribution >= 0.6 is 11.3 Å². The van der Waals surface area contributed by atoms with Crippen molar-refractivity contribution in [3.63, 3.8) is 0 Å². The maximum Gasteiger partial charge on any atom is 0.145 e. The van der Waals surface area contributed by atoms with Crippen molar-refractivity contribution in [3.05, 3.63) is 51.7 Å². The van der Waals surface area contributed by atoms with Crippen molar-refractivity contribution < 1.29 is 4.74 Å². The van der Waals surface area contributed by atoms with E-state index in [0.717, 1.165) is 11.3 Å². The van der Waals surface area contributed by atoms with Crippen molar-refractivity contribution in [2.45, 2.75) is 20.0 Å². The second-order valence-corrected chi connectivity index (χ2v) is 5.11. The van der Waals surface area contributed by atoms with Crippen LogP contribution in [-0.2, 0) is 0 Å². The lowest BCUT2D eigenvalue weighted by atomic mass is 10.1. The van der Waals surface area contributed by atoms with Gasteiger partial charge in [0.05, 0.1) is 0 Å². The molecule has 2 rings (SSSR count). The van der Waals surface area contributed by atoms with Crippen molar-refractivity contribution in [2.75, 3.05) is 6.54 Å². The molecule has 2 aromatic rings. The first-order chi connectivity index (χ1) is 8.20. The third-order valence-electron chi connectivity index (χ3n) is 2.69. The Hall–Kier alpha value is -1.32. The van der Waals surface area contributed by atoms with E-state index in [1.165, 1.54) is 10.4 Å². The first-order valence-corrected chi connectivity index (χ1v) is 6.56. The third kappa shape index (κ3) is 2.87. The topological polar surface area (TPSA) is 35.2 Å². The monoisotopic (exact) mass is 247 g/mol. The zero-order valence-electron chi connectivity index (χ0n) is 10.1. The van der Waals surface area contributed by atoms with E-state index in [1.54, 1.807) is 11.3 Å². The van der Waals surface area contributed by atoms with Gasteiger partial charge in [-0.3, -0.25) is 0 Å². The minimum atomic E-state index is -0.0458. The normalized spacial score (nSPS) is 12.4. The highest BCUT2D eigenvalue weighted by Crippen LogP contribution is 2.27. The van der Waals surface area contributed by atoms with Gasteiger partial charge in [-0.25, -0.2) is 0 Å². The van der Waals surface area contributed by atoms with E-state index in [1.807, 2.05) is 11.4 Å². The fourth-order valence-corrected chi connectivity index (χ4v) is 2.45. The van der Waals surface area contributed by atoms with E-state index < -0.39 is 0 Å². The smallest absolute Gasteiger partial charge is 0.145 e. The molecule has 1 aromatic heterocycles. The molecule has 0 fully saturated rings. The van der Waals surface area contributed by atoms with Crippen LogP contribution in [0.1, 0.15) is 22.1 Å². The average Bonchev–Trinajstić information content (AvgIpc) is 2.84. The van der Waals surface area contributed by atoms with Crippen LogP contribution in [0.5, 0.6) is 5.75 Å². The Morgan fingerprint density at radius 2 is 2.12 bits per heavy atom. The van der Waals surface area contributed by atoms with Crippen LogP contribution in [0.4, 0.5) is 0 Å². The Labute approximate surface area is 106 Å². The predicted molar refractivity (Wildman–Crippen MR) is 72.7 cm³/mol. The molecule has 17 heavy (non-hydrogen) atoms. The van der Waals surface area contributed by atoms with Crippen LogP contribution in [0.25, 0.3) is 0 Å². The highest BCUT2D eigenvalue weighted by Gasteiger charge is 2.13. The molecule has 0 bridgehead atoms. The van der Waals surface area contributed by atoms with E-state index >= 15 is 0 Å². The Morgan fingerprint density at radius 3 is 2.76 bits per heavy atom. The molecular formula is C14H17NOS. The molecule has 0 radical (unpaired) electrons. The van der Waals surface area contributed by atoms with Crippen LogP contribution in [0.15, 0.2) is 35.7 Å². The van der Waals surface area contributed by atoms with Crippen LogP contribution in [0, 0.1) is 13.8 Å². The molecule has 0 spiro atoms. The molecule has 0 aliphatic rings. The Bertz CT molecular complexity index is 479. The zero-order chi connectivity index (χ0) is 12.3.